The summed E-state index contributed by atoms with van der Waals surface area (Å²) in [4.78, 5) is 31.1. The van der Waals surface area contributed by atoms with Crippen molar-refractivity contribution < 1.29 is 9.59 Å². The number of nitrogens with zero attached hydrogens (tertiary/aromatic N) is 1. The number of hydrogen-bond donors (Lipinski definition) is 1. The molecule has 0 unspecified atom stereocenters. The van der Waals surface area contributed by atoms with Gasteiger partial charge in [0, 0.05) is 29.4 Å². The normalized spacial score (nSPS) is 21.2. The summed E-state index contributed by atoms with van der Waals surface area (Å²) in [7, 11) is 0. The number of Topliss-reactive ketones (excluding diaryl/α,β-unsaturated/α-hetero) is 1. The van der Waals surface area contributed by atoms with Crippen LogP contribution in [0, 0.1) is 12.3 Å². The summed E-state index contributed by atoms with van der Waals surface area (Å²) < 4.78 is 0. The lowest BCUT2D eigenvalue weighted by atomic mass is 9.75. The molecule has 2 aromatic rings. The molecule has 1 aliphatic carbocycles. The quantitative estimate of drug-likeness (QED) is 0.853. The average Bonchev–Trinajstić information content (AvgIpc) is 3.02. The highest BCUT2D eigenvalue weighted by atomic mass is 16.2. The van der Waals surface area contributed by atoms with Gasteiger partial charge in [-0.05, 0) is 49.3 Å². The summed E-state index contributed by atoms with van der Waals surface area (Å²) in [5.74, 6) is 0.115. The van der Waals surface area contributed by atoms with Crippen LogP contribution in [0.3, 0.4) is 0 Å². The van der Waals surface area contributed by atoms with E-state index in [2.05, 4.69) is 31.8 Å². The van der Waals surface area contributed by atoms with Crippen LogP contribution in [-0.4, -0.2) is 22.7 Å². The number of aromatic amines is 1. The van der Waals surface area contributed by atoms with Crippen LogP contribution in [0.15, 0.2) is 24.3 Å². The maximum atomic E-state index is 13.3. The number of fused-ring (bicyclic) bond motifs is 2. The summed E-state index contributed by atoms with van der Waals surface area (Å²) in [5, 5.41) is 0. The number of H-pyrrole nitrogens is 1. The van der Waals surface area contributed by atoms with Gasteiger partial charge in [-0.3, -0.25) is 9.59 Å². The summed E-state index contributed by atoms with van der Waals surface area (Å²) in [6, 6.07) is 8.19. The third kappa shape index (κ3) is 2.43. The van der Waals surface area contributed by atoms with Crippen molar-refractivity contribution in [2.75, 3.05) is 4.90 Å². The van der Waals surface area contributed by atoms with E-state index in [-0.39, 0.29) is 23.1 Å². The van der Waals surface area contributed by atoms with Gasteiger partial charge in [-0.1, -0.05) is 32.0 Å². The second kappa shape index (κ2) is 5.32. The van der Waals surface area contributed by atoms with E-state index >= 15 is 0 Å². The van der Waals surface area contributed by atoms with Crippen molar-refractivity contribution in [1.82, 2.24) is 4.98 Å². The Labute approximate surface area is 148 Å². The van der Waals surface area contributed by atoms with Crippen molar-refractivity contribution in [3.05, 3.63) is 52.3 Å². The first kappa shape index (κ1) is 16.1. The van der Waals surface area contributed by atoms with Crippen molar-refractivity contribution in [2.45, 2.75) is 53.0 Å². The number of rotatable bonds is 1. The van der Waals surface area contributed by atoms with Crippen molar-refractivity contribution in [3.63, 3.8) is 0 Å². The number of anilines is 1. The van der Waals surface area contributed by atoms with E-state index in [1.54, 1.807) is 0 Å². The molecule has 2 heterocycles. The first-order valence-corrected chi connectivity index (χ1v) is 8.94. The third-order valence-corrected chi connectivity index (χ3v) is 5.54. The number of amides is 1. The smallest absolute Gasteiger partial charge is 0.275 e. The van der Waals surface area contributed by atoms with Crippen LogP contribution < -0.4 is 4.90 Å². The molecule has 0 fully saturated rings. The summed E-state index contributed by atoms with van der Waals surface area (Å²) in [5.41, 5.74) is 5.16. The van der Waals surface area contributed by atoms with Gasteiger partial charge in [-0.2, -0.15) is 0 Å². The number of nitrogens with one attached hydrogen (secondary N) is 1. The molecule has 0 radical (unpaired) electrons. The van der Waals surface area contributed by atoms with Gasteiger partial charge in [0.2, 0.25) is 0 Å². The fourth-order valence-corrected chi connectivity index (χ4v) is 4.44. The van der Waals surface area contributed by atoms with Gasteiger partial charge in [-0.25, -0.2) is 0 Å². The van der Waals surface area contributed by atoms with Crippen LogP contribution >= 0.6 is 0 Å². The lowest BCUT2D eigenvalue weighted by Crippen LogP contribution is -2.36. The Morgan fingerprint density at radius 1 is 1.24 bits per heavy atom. The monoisotopic (exact) mass is 336 g/mol. The average molecular weight is 336 g/mol. The molecule has 1 amide bonds. The molecule has 2 aliphatic rings. The minimum absolute atomic E-state index is 0.0324. The molecular weight excluding hydrogens is 312 g/mol. The molecule has 1 aromatic heterocycles. The zero-order valence-corrected chi connectivity index (χ0v) is 15.3. The molecule has 0 saturated heterocycles. The van der Waals surface area contributed by atoms with E-state index < -0.39 is 0 Å². The first-order chi connectivity index (χ1) is 11.8. The lowest BCUT2D eigenvalue weighted by Gasteiger charge is -2.28. The molecule has 130 valence electrons. The number of carbonyl (C=O) groups is 2. The molecule has 1 aliphatic heterocycles. The van der Waals surface area contributed by atoms with Crippen LogP contribution in [0.25, 0.3) is 0 Å². The van der Waals surface area contributed by atoms with E-state index in [4.69, 9.17) is 0 Å². The number of aromatic nitrogens is 1. The minimum Gasteiger partial charge on any atom is -0.354 e. The number of para-hydroxylation sites is 1. The van der Waals surface area contributed by atoms with E-state index in [0.717, 1.165) is 35.3 Å². The minimum atomic E-state index is -0.0603. The molecule has 4 heteroatoms. The van der Waals surface area contributed by atoms with Gasteiger partial charge in [0.15, 0.2) is 5.78 Å². The maximum Gasteiger partial charge on any atom is 0.275 e. The number of benzene rings is 1. The van der Waals surface area contributed by atoms with Gasteiger partial charge in [-0.15, -0.1) is 0 Å². The van der Waals surface area contributed by atoms with Crippen molar-refractivity contribution >= 4 is 17.4 Å². The topological polar surface area (TPSA) is 53.2 Å². The Morgan fingerprint density at radius 3 is 2.72 bits per heavy atom. The SMILES string of the molecule is Cc1c(C(=O)N2c3ccccc3C[C@H]2C)[nH]c2c1C(=O)CC(C)(C)C2. The fourth-order valence-electron chi connectivity index (χ4n) is 4.44. The highest BCUT2D eigenvalue weighted by molar-refractivity contribution is 6.10. The Balaban J connectivity index is 1.77. The predicted octanol–water partition coefficient (Wildman–Crippen LogP) is 4.07. The largest absolute Gasteiger partial charge is 0.354 e. The highest BCUT2D eigenvalue weighted by Gasteiger charge is 2.38. The van der Waals surface area contributed by atoms with Crippen molar-refractivity contribution in [2.24, 2.45) is 5.41 Å². The Hall–Kier alpha value is -2.36. The number of hydrogen-bond acceptors (Lipinski definition) is 2. The van der Waals surface area contributed by atoms with E-state index in [9.17, 15) is 9.59 Å². The summed E-state index contributed by atoms with van der Waals surface area (Å²) in [6.45, 7) is 8.17. The van der Waals surface area contributed by atoms with E-state index in [1.807, 2.05) is 30.0 Å². The highest BCUT2D eigenvalue weighted by Crippen LogP contribution is 2.38. The molecule has 4 rings (SSSR count). The second-order valence-corrected chi connectivity index (χ2v) is 8.28. The zero-order valence-electron chi connectivity index (χ0n) is 15.3. The van der Waals surface area contributed by atoms with Crippen molar-refractivity contribution in [1.29, 1.82) is 0 Å². The van der Waals surface area contributed by atoms with Gasteiger partial charge in [0.1, 0.15) is 5.69 Å². The predicted molar refractivity (Wildman–Crippen MR) is 98.4 cm³/mol. The van der Waals surface area contributed by atoms with E-state index in [1.165, 1.54) is 5.56 Å². The van der Waals surface area contributed by atoms with Gasteiger partial charge >= 0.3 is 0 Å². The molecule has 4 nitrogen and oxygen atoms in total. The third-order valence-electron chi connectivity index (χ3n) is 5.54. The summed E-state index contributed by atoms with van der Waals surface area (Å²) >= 11 is 0. The Bertz CT molecular complexity index is 891. The molecule has 1 atom stereocenters. The standard InChI is InChI=1S/C21H24N2O2/c1-12-9-14-7-5-6-8-16(14)23(12)20(25)19-13(2)18-15(22-19)10-21(3,4)11-17(18)24/h5-8,12,22H,9-11H2,1-4H3/t12-/m1/s1. The van der Waals surface area contributed by atoms with E-state index in [0.29, 0.717) is 12.1 Å². The Morgan fingerprint density at radius 2 is 1.96 bits per heavy atom. The van der Waals surface area contributed by atoms with Crippen LogP contribution in [-0.2, 0) is 12.8 Å². The first-order valence-electron chi connectivity index (χ1n) is 8.94. The van der Waals surface area contributed by atoms with Crippen LogP contribution in [0.1, 0.15) is 64.9 Å². The van der Waals surface area contributed by atoms with Gasteiger partial charge in [0.05, 0.1) is 0 Å². The lowest BCUT2D eigenvalue weighted by molar-refractivity contribution is 0.0910. The fraction of sp³-hybridized carbons (Fsp3) is 0.429. The molecule has 0 spiro atoms. The number of ketones is 1. The second-order valence-electron chi connectivity index (χ2n) is 8.28. The molecule has 0 bridgehead atoms. The number of carbonyl (C=O) groups excluding carboxylic acids is 2. The van der Waals surface area contributed by atoms with Crippen LogP contribution in [0.2, 0.25) is 0 Å². The zero-order chi connectivity index (χ0) is 17.9. The summed E-state index contributed by atoms with van der Waals surface area (Å²) in [6.07, 6.45) is 2.21. The Kier molecular flexibility index (Phi) is 3.43. The molecule has 0 saturated carbocycles. The van der Waals surface area contributed by atoms with Gasteiger partial charge < -0.3 is 9.88 Å². The van der Waals surface area contributed by atoms with Crippen molar-refractivity contribution in [3.8, 4) is 0 Å². The molecule has 1 aromatic carbocycles. The maximum absolute atomic E-state index is 13.3. The molecular formula is C21H24N2O2. The van der Waals surface area contributed by atoms with Crippen LogP contribution in [0.5, 0.6) is 0 Å². The van der Waals surface area contributed by atoms with Crippen LogP contribution in [0.4, 0.5) is 5.69 Å². The molecule has 1 N–H and O–H groups in total. The van der Waals surface area contributed by atoms with Gasteiger partial charge in [0.25, 0.3) is 5.91 Å². The molecule has 25 heavy (non-hydrogen) atoms.